The van der Waals surface area contributed by atoms with Crippen molar-refractivity contribution in [3.63, 3.8) is 0 Å². The first-order valence-corrected chi connectivity index (χ1v) is 5.69. The zero-order chi connectivity index (χ0) is 9.36. The fraction of sp³-hybridized carbons (Fsp3) is 1.00. The van der Waals surface area contributed by atoms with Gasteiger partial charge in [-0.3, -0.25) is 0 Å². The maximum Gasteiger partial charge on any atom is 0.0575 e. The van der Waals surface area contributed by atoms with Gasteiger partial charge in [0.2, 0.25) is 0 Å². The van der Waals surface area contributed by atoms with Crippen LogP contribution in [0.5, 0.6) is 0 Å². The second-order valence-electron chi connectivity index (χ2n) is 3.94. The maximum atomic E-state index is 5.80. The summed E-state index contributed by atoms with van der Waals surface area (Å²) >= 11 is 0. The zero-order valence-corrected chi connectivity index (χ0v) is 8.85. The monoisotopic (exact) mass is 185 g/mol. The highest BCUT2D eigenvalue weighted by Crippen LogP contribution is 2.20. The van der Waals surface area contributed by atoms with Crippen LogP contribution in [0.15, 0.2) is 0 Å². The van der Waals surface area contributed by atoms with Gasteiger partial charge in [-0.05, 0) is 39.3 Å². The molecule has 0 bridgehead atoms. The average Bonchev–Trinajstić information content (AvgIpc) is 2.19. The molecule has 0 aliphatic heterocycles. The first-order chi connectivity index (χ1) is 6.43. The fourth-order valence-corrected chi connectivity index (χ4v) is 1.89. The van der Waals surface area contributed by atoms with E-state index in [1.807, 2.05) is 7.05 Å². The van der Waals surface area contributed by atoms with Crippen molar-refractivity contribution in [2.75, 3.05) is 20.2 Å². The van der Waals surface area contributed by atoms with Crippen LogP contribution >= 0.6 is 0 Å². The third-order valence-electron chi connectivity index (χ3n) is 2.73. The molecule has 1 aliphatic carbocycles. The Balaban J connectivity index is 1.86. The molecule has 0 saturated heterocycles. The number of ether oxygens (including phenoxy) is 1. The van der Waals surface area contributed by atoms with Crippen LogP contribution in [0.1, 0.15) is 44.9 Å². The summed E-state index contributed by atoms with van der Waals surface area (Å²) in [6, 6.07) is 0. The van der Waals surface area contributed by atoms with E-state index >= 15 is 0 Å². The SMILES string of the molecule is CNCCCCOC1CCCCC1. The molecule has 13 heavy (non-hydrogen) atoms. The van der Waals surface area contributed by atoms with Crippen LogP contribution in [0.25, 0.3) is 0 Å². The standard InChI is InChI=1S/C11H23NO/c1-12-9-5-6-10-13-11-7-3-2-4-8-11/h11-12H,2-10H2,1H3. The molecule has 78 valence electrons. The molecule has 1 N–H and O–H groups in total. The fourth-order valence-electron chi connectivity index (χ4n) is 1.89. The minimum atomic E-state index is 0.586. The molecule has 2 nitrogen and oxygen atoms in total. The second kappa shape index (κ2) is 7.34. The van der Waals surface area contributed by atoms with Crippen molar-refractivity contribution in [1.29, 1.82) is 0 Å². The van der Waals surface area contributed by atoms with E-state index in [0.717, 1.165) is 13.2 Å². The van der Waals surface area contributed by atoms with Gasteiger partial charge >= 0.3 is 0 Å². The lowest BCUT2D eigenvalue weighted by atomic mass is 9.98. The molecular weight excluding hydrogens is 162 g/mol. The Hall–Kier alpha value is -0.0800. The van der Waals surface area contributed by atoms with E-state index in [4.69, 9.17) is 4.74 Å². The molecule has 0 heterocycles. The summed E-state index contributed by atoms with van der Waals surface area (Å²) in [6.45, 7) is 2.08. The number of nitrogens with one attached hydrogen (secondary N) is 1. The van der Waals surface area contributed by atoms with E-state index in [1.54, 1.807) is 0 Å². The van der Waals surface area contributed by atoms with Crippen LogP contribution in [0, 0.1) is 0 Å². The van der Waals surface area contributed by atoms with Gasteiger partial charge in [0.25, 0.3) is 0 Å². The molecule has 0 aromatic carbocycles. The smallest absolute Gasteiger partial charge is 0.0575 e. The first kappa shape index (κ1) is 11.0. The van der Waals surface area contributed by atoms with Crippen LogP contribution in [-0.4, -0.2) is 26.3 Å². The van der Waals surface area contributed by atoms with Gasteiger partial charge in [0, 0.05) is 6.61 Å². The highest BCUT2D eigenvalue weighted by molar-refractivity contribution is 4.64. The minimum Gasteiger partial charge on any atom is -0.378 e. The van der Waals surface area contributed by atoms with E-state index in [1.165, 1.54) is 44.9 Å². The number of unbranched alkanes of at least 4 members (excludes halogenated alkanes) is 1. The summed E-state index contributed by atoms with van der Waals surface area (Å²) in [7, 11) is 2.00. The van der Waals surface area contributed by atoms with Crippen molar-refractivity contribution >= 4 is 0 Å². The summed E-state index contributed by atoms with van der Waals surface area (Å²) in [5, 5.41) is 3.15. The van der Waals surface area contributed by atoms with Crippen LogP contribution in [-0.2, 0) is 4.74 Å². The molecule has 1 saturated carbocycles. The van der Waals surface area contributed by atoms with Gasteiger partial charge in [-0.25, -0.2) is 0 Å². The molecule has 1 aliphatic rings. The molecule has 0 amide bonds. The van der Waals surface area contributed by atoms with Crippen molar-refractivity contribution in [3.05, 3.63) is 0 Å². The Morgan fingerprint density at radius 3 is 2.62 bits per heavy atom. The van der Waals surface area contributed by atoms with Gasteiger partial charge in [0.15, 0.2) is 0 Å². The van der Waals surface area contributed by atoms with Crippen LogP contribution in [0.4, 0.5) is 0 Å². The van der Waals surface area contributed by atoms with E-state index in [0.29, 0.717) is 6.10 Å². The normalized spacial score (nSPS) is 19.2. The van der Waals surface area contributed by atoms with E-state index in [2.05, 4.69) is 5.32 Å². The lowest BCUT2D eigenvalue weighted by Gasteiger charge is -2.21. The van der Waals surface area contributed by atoms with Crippen molar-refractivity contribution in [3.8, 4) is 0 Å². The first-order valence-electron chi connectivity index (χ1n) is 5.69. The van der Waals surface area contributed by atoms with E-state index in [9.17, 15) is 0 Å². The Bertz CT molecular complexity index is 111. The Labute approximate surface area is 82.0 Å². The Morgan fingerprint density at radius 1 is 1.15 bits per heavy atom. The van der Waals surface area contributed by atoms with Gasteiger partial charge in [-0.1, -0.05) is 19.3 Å². The highest BCUT2D eigenvalue weighted by Gasteiger charge is 2.12. The summed E-state index contributed by atoms with van der Waals surface area (Å²) < 4.78 is 5.80. The van der Waals surface area contributed by atoms with Crippen molar-refractivity contribution in [2.24, 2.45) is 0 Å². The quantitative estimate of drug-likeness (QED) is 0.641. The van der Waals surface area contributed by atoms with Crippen LogP contribution in [0.2, 0.25) is 0 Å². The molecule has 1 rings (SSSR count). The maximum absolute atomic E-state index is 5.80. The lowest BCUT2D eigenvalue weighted by Crippen LogP contribution is -2.17. The van der Waals surface area contributed by atoms with Crippen molar-refractivity contribution in [1.82, 2.24) is 5.32 Å². The van der Waals surface area contributed by atoms with Gasteiger partial charge in [0.05, 0.1) is 6.10 Å². The van der Waals surface area contributed by atoms with Crippen molar-refractivity contribution in [2.45, 2.75) is 51.0 Å². The predicted octanol–water partition coefficient (Wildman–Crippen LogP) is 2.34. The molecule has 0 spiro atoms. The molecule has 0 aromatic rings. The molecule has 0 atom stereocenters. The molecule has 0 aromatic heterocycles. The molecule has 0 unspecified atom stereocenters. The van der Waals surface area contributed by atoms with Crippen LogP contribution in [0.3, 0.4) is 0 Å². The number of hydrogen-bond donors (Lipinski definition) is 1. The topological polar surface area (TPSA) is 21.3 Å². The van der Waals surface area contributed by atoms with Crippen LogP contribution < -0.4 is 5.32 Å². The van der Waals surface area contributed by atoms with Gasteiger partial charge < -0.3 is 10.1 Å². The molecular formula is C11H23NO. The minimum absolute atomic E-state index is 0.586. The molecule has 1 fully saturated rings. The van der Waals surface area contributed by atoms with Gasteiger partial charge in [-0.15, -0.1) is 0 Å². The predicted molar refractivity (Wildman–Crippen MR) is 56.0 cm³/mol. The highest BCUT2D eigenvalue weighted by atomic mass is 16.5. The Morgan fingerprint density at radius 2 is 1.92 bits per heavy atom. The van der Waals surface area contributed by atoms with Gasteiger partial charge in [0.1, 0.15) is 0 Å². The molecule has 2 heteroatoms. The number of rotatable bonds is 6. The number of hydrogen-bond acceptors (Lipinski definition) is 2. The summed E-state index contributed by atoms with van der Waals surface area (Å²) in [5.74, 6) is 0. The third kappa shape index (κ3) is 5.27. The van der Waals surface area contributed by atoms with E-state index < -0.39 is 0 Å². The summed E-state index contributed by atoms with van der Waals surface area (Å²) in [5.41, 5.74) is 0. The third-order valence-corrected chi connectivity index (χ3v) is 2.73. The summed E-state index contributed by atoms with van der Waals surface area (Å²) in [6.07, 6.45) is 9.80. The average molecular weight is 185 g/mol. The lowest BCUT2D eigenvalue weighted by molar-refractivity contribution is 0.0266. The zero-order valence-electron chi connectivity index (χ0n) is 8.85. The second-order valence-corrected chi connectivity index (χ2v) is 3.94. The van der Waals surface area contributed by atoms with Crippen molar-refractivity contribution < 1.29 is 4.74 Å². The summed E-state index contributed by atoms with van der Waals surface area (Å²) in [4.78, 5) is 0. The largest absolute Gasteiger partial charge is 0.378 e. The molecule has 0 radical (unpaired) electrons. The Kier molecular flexibility index (Phi) is 6.21. The van der Waals surface area contributed by atoms with E-state index in [-0.39, 0.29) is 0 Å². The van der Waals surface area contributed by atoms with Gasteiger partial charge in [-0.2, -0.15) is 0 Å².